The topological polar surface area (TPSA) is 144 Å². The first-order chi connectivity index (χ1) is 22.5. The molecular formula is C33H33F5O9S. The van der Waals surface area contributed by atoms with E-state index >= 15 is 0 Å². The molecular weight excluding hydrogens is 667 g/mol. The fourth-order valence-corrected chi connectivity index (χ4v) is 5.57. The van der Waals surface area contributed by atoms with E-state index in [1.807, 2.05) is 6.92 Å². The number of aromatic hydroxyl groups is 1. The molecule has 3 aromatic rings. The van der Waals surface area contributed by atoms with Crippen molar-refractivity contribution >= 4 is 34.7 Å². The highest BCUT2D eigenvalue weighted by atomic mass is 32.2. The Morgan fingerprint density at radius 2 is 1.81 bits per heavy atom. The van der Waals surface area contributed by atoms with Gasteiger partial charge in [-0.1, -0.05) is 37.6 Å². The zero-order chi connectivity index (χ0) is 35.6. The Kier molecular flexibility index (Phi) is 13.2. The molecule has 0 radical (unpaired) electrons. The highest BCUT2D eigenvalue weighted by Gasteiger charge is 2.56. The van der Waals surface area contributed by atoms with Crippen LogP contribution >= 0.6 is 11.8 Å². The van der Waals surface area contributed by atoms with E-state index in [1.54, 1.807) is 18.2 Å². The van der Waals surface area contributed by atoms with Gasteiger partial charge < -0.3 is 29.2 Å². The van der Waals surface area contributed by atoms with E-state index in [9.17, 15) is 46.5 Å². The van der Waals surface area contributed by atoms with Crippen LogP contribution in [0.25, 0.3) is 11.0 Å². The number of aliphatic hydroxyl groups excluding tert-OH is 1. The van der Waals surface area contributed by atoms with Crippen molar-refractivity contribution in [1.29, 1.82) is 0 Å². The lowest BCUT2D eigenvalue weighted by Gasteiger charge is -2.24. The van der Waals surface area contributed by atoms with Gasteiger partial charge in [0.1, 0.15) is 17.1 Å². The van der Waals surface area contributed by atoms with Crippen molar-refractivity contribution in [2.24, 2.45) is 0 Å². The number of Topliss-reactive ketones (excluding diaryl/α,β-unsaturated/α-hetero) is 1. The predicted octanol–water partition coefficient (Wildman–Crippen LogP) is 8.09. The summed E-state index contributed by atoms with van der Waals surface area (Å²) in [6, 6.07) is 8.01. The molecule has 48 heavy (non-hydrogen) atoms. The molecule has 0 fully saturated rings. The number of thioether (sulfide) groups is 1. The van der Waals surface area contributed by atoms with Gasteiger partial charge in [0.05, 0.1) is 35.0 Å². The van der Waals surface area contributed by atoms with Crippen LogP contribution in [-0.4, -0.2) is 57.3 Å². The van der Waals surface area contributed by atoms with Crippen LogP contribution in [0.4, 0.5) is 26.7 Å². The summed E-state index contributed by atoms with van der Waals surface area (Å²) < 4.78 is 80.9. The summed E-state index contributed by atoms with van der Waals surface area (Å²) in [7, 11) is 0. The number of rotatable bonds is 16. The van der Waals surface area contributed by atoms with Crippen LogP contribution in [0.2, 0.25) is 0 Å². The number of aliphatic hydroxyl groups is 1. The first kappa shape index (κ1) is 38.1. The van der Waals surface area contributed by atoms with Gasteiger partial charge in [-0.25, -0.2) is 4.79 Å². The molecule has 0 unspecified atom stereocenters. The minimum atomic E-state index is -5.78. The van der Waals surface area contributed by atoms with Gasteiger partial charge in [0.2, 0.25) is 0 Å². The van der Waals surface area contributed by atoms with E-state index in [1.165, 1.54) is 43.3 Å². The Balaban J connectivity index is 1.76. The van der Waals surface area contributed by atoms with Crippen LogP contribution in [0.15, 0.2) is 74.8 Å². The zero-order valence-corrected chi connectivity index (χ0v) is 26.6. The summed E-state index contributed by atoms with van der Waals surface area (Å²) >= 11 is 0.883. The molecule has 2 aromatic carbocycles. The van der Waals surface area contributed by atoms with Gasteiger partial charge in [-0.15, -0.1) is 11.8 Å². The third-order valence-corrected chi connectivity index (χ3v) is 8.16. The minimum absolute atomic E-state index is 0.0616. The number of carbonyl (C=O) groups excluding carboxylic acids is 1. The summed E-state index contributed by atoms with van der Waals surface area (Å²) in [6.07, 6.45) is -4.06. The number of ketones is 1. The molecule has 9 nitrogen and oxygen atoms in total. The molecule has 1 aromatic heterocycles. The van der Waals surface area contributed by atoms with Crippen molar-refractivity contribution < 1.29 is 60.8 Å². The van der Waals surface area contributed by atoms with Gasteiger partial charge in [0.15, 0.2) is 11.2 Å². The van der Waals surface area contributed by atoms with Gasteiger partial charge in [0.25, 0.3) is 5.95 Å². The monoisotopic (exact) mass is 700 g/mol. The number of alkyl halides is 5. The van der Waals surface area contributed by atoms with Crippen LogP contribution in [-0.2, 0) is 6.42 Å². The van der Waals surface area contributed by atoms with E-state index in [-0.39, 0.29) is 34.7 Å². The Morgan fingerprint density at radius 3 is 2.46 bits per heavy atom. The first-order valence-corrected chi connectivity index (χ1v) is 15.5. The second-order valence-corrected chi connectivity index (χ2v) is 11.8. The van der Waals surface area contributed by atoms with Gasteiger partial charge in [0, 0.05) is 16.9 Å². The van der Waals surface area contributed by atoms with Gasteiger partial charge in [-0.3, -0.25) is 9.59 Å². The van der Waals surface area contributed by atoms with Gasteiger partial charge >= 0.3 is 18.3 Å². The van der Waals surface area contributed by atoms with E-state index in [0.717, 1.165) is 17.8 Å². The normalized spacial score (nSPS) is 13.7. The second-order valence-electron chi connectivity index (χ2n) is 10.5. The lowest BCUT2D eigenvalue weighted by atomic mass is 10.0. The van der Waals surface area contributed by atoms with Crippen LogP contribution in [0, 0.1) is 0 Å². The van der Waals surface area contributed by atoms with Crippen molar-refractivity contribution in [3.05, 3.63) is 82.1 Å². The Labute approximate surface area is 275 Å². The Morgan fingerprint density at radius 1 is 1.08 bits per heavy atom. The highest BCUT2D eigenvalue weighted by molar-refractivity contribution is 8.00. The van der Waals surface area contributed by atoms with Crippen molar-refractivity contribution in [2.75, 3.05) is 6.61 Å². The fraction of sp³-hybridized carbons (Fsp3) is 0.364. The number of carbonyl (C=O) groups is 2. The number of benzene rings is 2. The maximum Gasteiger partial charge on any atom is 0.513 e. The summed E-state index contributed by atoms with van der Waals surface area (Å²) in [5.41, 5.74) is 0.00158. The number of halogens is 5. The lowest BCUT2D eigenvalue weighted by Crippen LogP contribution is -2.37. The molecule has 15 heteroatoms. The molecule has 1 heterocycles. The Hall–Kier alpha value is -4.37. The van der Waals surface area contributed by atoms with Gasteiger partial charge in [-0.2, -0.15) is 22.0 Å². The lowest BCUT2D eigenvalue weighted by molar-refractivity contribution is -0.285. The number of ether oxygens (including phenoxy) is 2. The summed E-state index contributed by atoms with van der Waals surface area (Å²) in [5.74, 6) is -5.61. The van der Waals surface area contributed by atoms with E-state index in [4.69, 9.17) is 14.3 Å². The molecule has 0 amide bonds. The third kappa shape index (κ3) is 10.3. The molecule has 0 saturated carbocycles. The molecule has 2 atom stereocenters. The standard InChI is InChI=1S/C33H33F5O9S/c1-3-8-23-26(13-12-21(19(2)39)30(23)42)45-16-7-5-4-6-9-28(24(40)14-15-32(34,35)33(36,37)38)48-20-10-11-22-25(41)18-29(47-31(43)44)46-27(22)17-20/h4-6,9-13,17-18,24,28,40,42H,3,7-8,14-16H2,1-2H3,(H,43,44)/b5-4-,9-6+/t24-,28+/m1/s1. The summed E-state index contributed by atoms with van der Waals surface area (Å²) in [6.45, 7) is 3.44. The van der Waals surface area contributed by atoms with Crippen LogP contribution < -0.4 is 14.9 Å². The molecule has 3 N–H and O–H groups in total. The highest BCUT2D eigenvalue weighted by Crippen LogP contribution is 2.40. The second kappa shape index (κ2) is 16.6. The van der Waals surface area contributed by atoms with Crippen molar-refractivity contribution in [2.45, 2.75) is 74.3 Å². The zero-order valence-electron chi connectivity index (χ0n) is 25.8. The predicted molar refractivity (Wildman–Crippen MR) is 168 cm³/mol. The van der Waals surface area contributed by atoms with Crippen molar-refractivity contribution in [3.8, 4) is 17.4 Å². The van der Waals surface area contributed by atoms with E-state index in [0.29, 0.717) is 35.5 Å². The van der Waals surface area contributed by atoms with Crippen molar-refractivity contribution in [1.82, 2.24) is 0 Å². The number of hydrogen-bond acceptors (Lipinski definition) is 9. The van der Waals surface area contributed by atoms with Crippen LogP contribution in [0.5, 0.6) is 17.4 Å². The molecule has 0 aliphatic carbocycles. The number of phenols is 1. The summed E-state index contributed by atoms with van der Waals surface area (Å²) in [5, 5.41) is 29.0. The SMILES string of the molecule is CCCc1c(OCC/C=C\C=C\[C@H](Sc2ccc3c(=O)cc(OC(=O)O)oc3c2)[C@H](O)CCC(F)(F)C(F)(F)F)ccc(C(C)=O)c1O. The minimum Gasteiger partial charge on any atom is -0.507 e. The average Bonchev–Trinajstić information content (AvgIpc) is 2.99. The molecule has 0 aliphatic rings. The van der Waals surface area contributed by atoms with E-state index < -0.39 is 53.8 Å². The fourth-order valence-electron chi connectivity index (χ4n) is 4.48. The van der Waals surface area contributed by atoms with E-state index in [2.05, 4.69) is 4.74 Å². The largest absolute Gasteiger partial charge is 0.513 e. The third-order valence-electron chi connectivity index (χ3n) is 6.90. The molecule has 0 spiro atoms. The molecule has 0 bridgehead atoms. The quantitative estimate of drug-likeness (QED) is 0.0335. The van der Waals surface area contributed by atoms with Crippen molar-refractivity contribution in [3.63, 3.8) is 0 Å². The molecule has 0 aliphatic heterocycles. The number of fused-ring (bicyclic) bond motifs is 1. The van der Waals surface area contributed by atoms with Gasteiger partial charge in [-0.05, 0) is 56.5 Å². The number of phenolic OH excluding ortho intramolecular Hbond substituents is 1. The average molecular weight is 701 g/mol. The molecule has 3 rings (SSSR count). The first-order valence-electron chi connectivity index (χ1n) is 14.6. The number of hydrogen-bond donors (Lipinski definition) is 3. The maximum atomic E-state index is 13.6. The smallest absolute Gasteiger partial charge is 0.507 e. The number of allylic oxidation sites excluding steroid dienone is 2. The Bertz CT molecular complexity index is 1720. The number of carboxylic acid groups (broad SMARTS) is 1. The van der Waals surface area contributed by atoms with Crippen LogP contribution in [0.1, 0.15) is 55.5 Å². The summed E-state index contributed by atoms with van der Waals surface area (Å²) in [4.78, 5) is 35.2. The molecule has 260 valence electrons. The van der Waals surface area contributed by atoms with Crippen LogP contribution in [0.3, 0.4) is 0 Å². The maximum absolute atomic E-state index is 13.6. The molecule has 0 saturated heterocycles.